The Morgan fingerprint density at radius 3 is 2.72 bits per heavy atom. The van der Waals surface area contributed by atoms with E-state index in [0.29, 0.717) is 11.9 Å². The van der Waals surface area contributed by atoms with Crippen molar-refractivity contribution >= 4 is 5.82 Å². The average Bonchev–Trinajstić information content (AvgIpc) is 2.43. The van der Waals surface area contributed by atoms with E-state index in [1.807, 2.05) is 12.1 Å². The predicted molar refractivity (Wildman–Crippen MR) is 73.1 cm³/mol. The number of pyridine rings is 1. The van der Waals surface area contributed by atoms with Crippen LogP contribution in [0.5, 0.6) is 0 Å². The number of nitrogen functional groups attached to an aromatic ring is 1. The first kappa shape index (κ1) is 13.3. The Bertz CT molecular complexity index is 429. The molecule has 0 radical (unpaired) electrons. The molecule has 1 aromatic heterocycles. The molecule has 2 heterocycles. The van der Waals surface area contributed by atoms with E-state index in [1.165, 1.54) is 0 Å². The lowest BCUT2D eigenvalue weighted by Crippen LogP contribution is -2.42. The van der Waals surface area contributed by atoms with Gasteiger partial charge in [-0.05, 0) is 51.8 Å². The van der Waals surface area contributed by atoms with Gasteiger partial charge in [-0.25, -0.2) is 4.98 Å². The van der Waals surface area contributed by atoms with Crippen LogP contribution in [0.15, 0.2) is 18.3 Å². The molecule has 0 aromatic carbocycles. The van der Waals surface area contributed by atoms with E-state index in [9.17, 15) is 0 Å². The number of hydrogen-bond acceptors (Lipinski definition) is 4. The quantitative estimate of drug-likeness (QED) is 0.861. The van der Waals surface area contributed by atoms with E-state index in [-0.39, 0.29) is 11.2 Å². The third kappa shape index (κ3) is 3.00. The van der Waals surface area contributed by atoms with Gasteiger partial charge in [0, 0.05) is 18.8 Å². The zero-order valence-corrected chi connectivity index (χ0v) is 11.7. The van der Waals surface area contributed by atoms with Crippen molar-refractivity contribution in [2.75, 3.05) is 5.73 Å². The summed E-state index contributed by atoms with van der Waals surface area (Å²) in [5.74, 6) is 0.566. The van der Waals surface area contributed by atoms with Crippen molar-refractivity contribution in [2.24, 2.45) is 0 Å². The normalized spacial score (nSPS) is 25.2. The van der Waals surface area contributed by atoms with Crippen molar-refractivity contribution in [3.63, 3.8) is 0 Å². The summed E-state index contributed by atoms with van der Waals surface area (Å²) in [6.07, 6.45) is 2.76. The molecule has 1 aliphatic rings. The maximum absolute atomic E-state index is 6.06. The first-order valence-corrected chi connectivity index (χ1v) is 6.42. The van der Waals surface area contributed by atoms with Crippen LogP contribution in [0.25, 0.3) is 0 Å². The molecule has 1 atom stereocenters. The number of hydrogen-bond donors (Lipinski definition) is 2. The Kier molecular flexibility index (Phi) is 3.34. The van der Waals surface area contributed by atoms with Gasteiger partial charge in [-0.1, -0.05) is 0 Å². The molecule has 1 saturated heterocycles. The van der Waals surface area contributed by atoms with Gasteiger partial charge in [-0.2, -0.15) is 0 Å². The Balaban J connectivity index is 1.98. The van der Waals surface area contributed by atoms with Crippen LogP contribution >= 0.6 is 0 Å². The maximum Gasteiger partial charge on any atom is 0.123 e. The molecule has 0 saturated carbocycles. The van der Waals surface area contributed by atoms with Crippen LogP contribution in [0.4, 0.5) is 5.82 Å². The van der Waals surface area contributed by atoms with Gasteiger partial charge in [-0.15, -0.1) is 0 Å². The molecule has 1 aromatic rings. The molecular formula is C14H23N3O. The number of nitrogens with one attached hydrogen (secondary N) is 1. The Morgan fingerprint density at radius 1 is 1.44 bits per heavy atom. The van der Waals surface area contributed by atoms with E-state index in [1.54, 1.807) is 6.20 Å². The van der Waals surface area contributed by atoms with Crippen molar-refractivity contribution in [1.82, 2.24) is 10.3 Å². The van der Waals surface area contributed by atoms with Crippen LogP contribution < -0.4 is 11.1 Å². The first-order valence-electron chi connectivity index (χ1n) is 6.42. The highest BCUT2D eigenvalue weighted by Crippen LogP contribution is 2.37. The standard InChI is InChI=1S/C14H23N3O/c1-13(2)8-11(14(3,4)18-13)17-9-10-5-6-16-12(15)7-10/h5-7,11,17H,8-9H2,1-4H3,(H2,15,16). The number of rotatable bonds is 3. The molecule has 0 spiro atoms. The maximum atomic E-state index is 6.06. The summed E-state index contributed by atoms with van der Waals surface area (Å²) in [5, 5.41) is 3.56. The fraction of sp³-hybridized carbons (Fsp3) is 0.643. The number of nitrogens with zero attached hydrogens (tertiary/aromatic N) is 1. The molecular weight excluding hydrogens is 226 g/mol. The highest BCUT2D eigenvalue weighted by atomic mass is 16.5. The molecule has 0 amide bonds. The van der Waals surface area contributed by atoms with Gasteiger partial charge in [0.2, 0.25) is 0 Å². The van der Waals surface area contributed by atoms with E-state index in [2.05, 4.69) is 38.0 Å². The summed E-state index contributed by atoms with van der Waals surface area (Å²) in [5.41, 5.74) is 6.64. The average molecular weight is 249 g/mol. The van der Waals surface area contributed by atoms with Crippen molar-refractivity contribution in [2.45, 2.75) is 57.9 Å². The van der Waals surface area contributed by atoms with Gasteiger partial charge in [-0.3, -0.25) is 0 Å². The molecule has 4 heteroatoms. The molecule has 4 nitrogen and oxygen atoms in total. The summed E-state index contributed by atoms with van der Waals surface area (Å²) >= 11 is 0. The molecule has 1 fully saturated rings. The SMILES string of the molecule is CC1(C)CC(NCc2ccnc(N)c2)C(C)(C)O1. The minimum Gasteiger partial charge on any atom is -0.384 e. The fourth-order valence-corrected chi connectivity index (χ4v) is 2.73. The Hall–Kier alpha value is -1.13. The zero-order valence-electron chi connectivity index (χ0n) is 11.7. The second-order valence-electron chi connectivity index (χ2n) is 6.19. The molecule has 100 valence electrons. The van der Waals surface area contributed by atoms with Crippen LogP contribution in [0.1, 0.15) is 39.7 Å². The monoisotopic (exact) mass is 249 g/mol. The lowest BCUT2D eigenvalue weighted by Gasteiger charge is -2.27. The molecule has 0 aliphatic carbocycles. The van der Waals surface area contributed by atoms with Gasteiger partial charge >= 0.3 is 0 Å². The van der Waals surface area contributed by atoms with Crippen molar-refractivity contribution < 1.29 is 4.74 Å². The van der Waals surface area contributed by atoms with E-state index in [0.717, 1.165) is 18.5 Å². The second-order valence-corrected chi connectivity index (χ2v) is 6.19. The van der Waals surface area contributed by atoms with Gasteiger partial charge < -0.3 is 15.8 Å². The van der Waals surface area contributed by atoms with Crippen molar-refractivity contribution in [3.8, 4) is 0 Å². The van der Waals surface area contributed by atoms with E-state index in [4.69, 9.17) is 10.5 Å². The van der Waals surface area contributed by atoms with Gasteiger partial charge in [0.05, 0.1) is 11.2 Å². The van der Waals surface area contributed by atoms with Crippen LogP contribution in [0, 0.1) is 0 Å². The van der Waals surface area contributed by atoms with Gasteiger partial charge in [0.25, 0.3) is 0 Å². The van der Waals surface area contributed by atoms with Crippen LogP contribution in [0.2, 0.25) is 0 Å². The van der Waals surface area contributed by atoms with Crippen molar-refractivity contribution in [3.05, 3.63) is 23.9 Å². The smallest absolute Gasteiger partial charge is 0.123 e. The zero-order chi connectivity index (χ0) is 13.4. The van der Waals surface area contributed by atoms with Crippen LogP contribution in [-0.4, -0.2) is 22.2 Å². The summed E-state index contributed by atoms with van der Waals surface area (Å²) in [6.45, 7) is 9.35. The minimum atomic E-state index is -0.137. The molecule has 0 bridgehead atoms. The molecule has 1 aliphatic heterocycles. The van der Waals surface area contributed by atoms with Crippen molar-refractivity contribution in [1.29, 1.82) is 0 Å². The lowest BCUT2D eigenvalue weighted by molar-refractivity contribution is -0.0699. The Morgan fingerprint density at radius 2 is 2.17 bits per heavy atom. The first-order chi connectivity index (χ1) is 8.28. The van der Waals surface area contributed by atoms with Gasteiger partial charge in [0.15, 0.2) is 0 Å². The van der Waals surface area contributed by atoms with Gasteiger partial charge in [0.1, 0.15) is 5.82 Å². The largest absolute Gasteiger partial charge is 0.384 e. The van der Waals surface area contributed by atoms with Crippen LogP contribution in [-0.2, 0) is 11.3 Å². The third-order valence-corrected chi connectivity index (χ3v) is 3.47. The molecule has 2 rings (SSSR count). The summed E-state index contributed by atoms with van der Waals surface area (Å²) in [7, 11) is 0. The second kappa shape index (κ2) is 4.52. The third-order valence-electron chi connectivity index (χ3n) is 3.47. The molecule has 1 unspecified atom stereocenters. The summed E-state index contributed by atoms with van der Waals surface area (Å²) < 4.78 is 6.06. The highest BCUT2D eigenvalue weighted by molar-refractivity contribution is 5.31. The summed E-state index contributed by atoms with van der Waals surface area (Å²) in [6, 6.07) is 4.24. The minimum absolute atomic E-state index is 0.0571. The fourth-order valence-electron chi connectivity index (χ4n) is 2.73. The Labute approximate surface area is 109 Å². The summed E-state index contributed by atoms with van der Waals surface area (Å²) in [4.78, 5) is 4.00. The van der Waals surface area contributed by atoms with E-state index < -0.39 is 0 Å². The number of aromatic nitrogens is 1. The number of ether oxygens (including phenoxy) is 1. The predicted octanol–water partition coefficient (Wildman–Crippen LogP) is 2.10. The lowest BCUT2D eigenvalue weighted by atomic mass is 9.94. The number of anilines is 1. The van der Waals surface area contributed by atoms with E-state index >= 15 is 0 Å². The topological polar surface area (TPSA) is 60.2 Å². The molecule has 18 heavy (non-hydrogen) atoms. The van der Waals surface area contributed by atoms with Crippen LogP contribution in [0.3, 0.4) is 0 Å². The molecule has 3 N–H and O–H groups in total. The highest BCUT2D eigenvalue weighted by Gasteiger charge is 2.45. The number of nitrogens with two attached hydrogens (primary N) is 1.